The summed E-state index contributed by atoms with van der Waals surface area (Å²) in [7, 11) is 4.09. The molecule has 0 bridgehead atoms. The first-order valence-corrected chi connectivity index (χ1v) is 2.96. The Balaban J connectivity index is -0.00000000500. The molecule has 0 unspecified atom stereocenters. The van der Waals surface area contributed by atoms with Gasteiger partial charge in [0.1, 0.15) is 0 Å². The average Bonchev–Trinajstić information content (AvgIpc) is 1.00. The summed E-state index contributed by atoms with van der Waals surface area (Å²) in [5.74, 6) is 0. The molecule has 0 amide bonds. The summed E-state index contributed by atoms with van der Waals surface area (Å²) < 4.78 is 0. The SMILES string of the molecule is N.S.[S]=[Mo]. The van der Waals surface area contributed by atoms with Crippen molar-refractivity contribution in [2.45, 2.75) is 0 Å². The molecule has 28 valence electrons. The summed E-state index contributed by atoms with van der Waals surface area (Å²) in [6, 6.07) is 0. The van der Waals surface area contributed by atoms with Crippen LogP contribution in [-0.2, 0) is 18.0 Å². The van der Waals surface area contributed by atoms with Gasteiger partial charge in [-0.15, -0.1) is 0 Å². The Morgan fingerprint density at radius 3 is 1.25 bits per heavy atom. The molecule has 0 saturated heterocycles. The van der Waals surface area contributed by atoms with Crippen molar-refractivity contribution in [1.82, 2.24) is 6.15 Å². The molecule has 0 aromatic rings. The molecule has 0 aliphatic rings. The van der Waals surface area contributed by atoms with E-state index in [0.29, 0.717) is 0 Å². The summed E-state index contributed by atoms with van der Waals surface area (Å²) in [6.45, 7) is 0. The molecule has 0 rings (SSSR count). The van der Waals surface area contributed by atoms with Crippen LogP contribution in [0.1, 0.15) is 0 Å². The molecule has 4 heteroatoms. The van der Waals surface area contributed by atoms with Crippen LogP contribution in [0.15, 0.2) is 0 Å². The van der Waals surface area contributed by atoms with Crippen molar-refractivity contribution >= 4 is 23.3 Å². The van der Waals surface area contributed by atoms with Gasteiger partial charge in [-0.2, -0.15) is 13.5 Å². The zero-order valence-corrected chi connectivity index (χ0v) is 5.85. The topological polar surface area (TPSA) is 35.0 Å². The molecule has 3 N–H and O–H groups in total. The normalized spacial score (nSPS) is 1.00. The molecule has 0 fully saturated rings. The zero-order chi connectivity index (χ0) is 2.00. The second-order valence-electron chi connectivity index (χ2n) is 0. The Hall–Kier alpha value is 1.22. The van der Waals surface area contributed by atoms with E-state index in [1.165, 1.54) is 18.0 Å². The Kier molecular flexibility index (Phi) is 139. The second-order valence-corrected chi connectivity index (χ2v) is 0. The van der Waals surface area contributed by atoms with E-state index in [-0.39, 0.29) is 19.6 Å². The third kappa shape index (κ3) is 10.7. The van der Waals surface area contributed by atoms with Gasteiger partial charge in [0, 0.05) is 0 Å². The van der Waals surface area contributed by atoms with Gasteiger partial charge in [-0.25, -0.2) is 0 Å². The zero-order valence-electron chi connectivity index (χ0n) is 2.02. The van der Waals surface area contributed by atoms with Crippen molar-refractivity contribution in [2.75, 3.05) is 0 Å². The fraction of sp³-hybridized carbons (Fsp3) is 0. The average molecular weight is 179 g/mol. The maximum absolute atomic E-state index is 4.09. The van der Waals surface area contributed by atoms with Crippen LogP contribution in [0.3, 0.4) is 0 Å². The van der Waals surface area contributed by atoms with Crippen molar-refractivity contribution in [1.29, 1.82) is 0 Å². The third-order valence-electron chi connectivity index (χ3n) is 0. The standard InChI is InChI=1S/Mo.H3N.H2S.S/h;1H3;1H2;. The van der Waals surface area contributed by atoms with E-state index >= 15 is 0 Å². The molecular formula is H5MoNS2. The van der Waals surface area contributed by atoms with Gasteiger partial charge in [0.2, 0.25) is 0 Å². The van der Waals surface area contributed by atoms with Gasteiger partial charge in [0.25, 0.3) is 0 Å². The van der Waals surface area contributed by atoms with Crippen molar-refractivity contribution < 1.29 is 18.0 Å². The first-order chi connectivity index (χ1) is 1.00. The van der Waals surface area contributed by atoms with E-state index in [1.54, 1.807) is 0 Å². The van der Waals surface area contributed by atoms with E-state index in [0.717, 1.165) is 0 Å². The van der Waals surface area contributed by atoms with Gasteiger partial charge in [0.15, 0.2) is 0 Å². The molecule has 0 saturated carbocycles. The number of rotatable bonds is 0. The first-order valence-electron chi connectivity index (χ1n) is 0.167. The molecule has 4 heavy (non-hydrogen) atoms. The number of hydrogen-bond acceptors (Lipinski definition) is 2. The molecule has 0 radical (unpaired) electrons. The first kappa shape index (κ1) is 18.9. The predicted molar refractivity (Wildman–Crippen MR) is 23.0 cm³/mol. The van der Waals surface area contributed by atoms with Gasteiger partial charge >= 0.3 is 27.8 Å². The van der Waals surface area contributed by atoms with Gasteiger partial charge in [-0.05, 0) is 0 Å². The van der Waals surface area contributed by atoms with E-state index in [1.807, 2.05) is 0 Å². The molecule has 0 aliphatic carbocycles. The van der Waals surface area contributed by atoms with Gasteiger partial charge in [-0.3, -0.25) is 0 Å². The minimum atomic E-state index is 0. The molecule has 1 nitrogen and oxygen atoms in total. The van der Waals surface area contributed by atoms with Crippen LogP contribution in [0.5, 0.6) is 0 Å². The van der Waals surface area contributed by atoms with Crippen LogP contribution in [-0.4, -0.2) is 0 Å². The summed E-state index contributed by atoms with van der Waals surface area (Å²) in [4.78, 5) is 0. The molecular weight excluding hydrogens is 174 g/mol. The quantitative estimate of drug-likeness (QED) is 0.561. The monoisotopic (exact) mass is 181 g/mol. The van der Waals surface area contributed by atoms with Crippen LogP contribution in [0.25, 0.3) is 0 Å². The van der Waals surface area contributed by atoms with Crippen LogP contribution < -0.4 is 6.15 Å². The summed E-state index contributed by atoms with van der Waals surface area (Å²) >= 11 is 1.53. The Labute approximate surface area is 47.5 Å². The van der Waals surface area contributed by atoms with E-state index in [2.05, 4.69) is 9.82 Å². The Morgan fingerprint density at radius 1 is 1.25 bits per heavy atom. The van der Waals surface area contributed by atoms with Crippen LogP contribution in [0.4, 0.5) is 0 Å². The molecule has 0 aromatic heterocycles. The van der Waals surface area contributed by atoms with Crippen LogP contribution in [0.2, 0.25) is 0 Å². The Bertz CT molecular complexity index is 6.00. The van der Waals surface area contributed by atoms with Crippen LogP contribution in [0, 0.1) is 0 Å². The molecule has 0 aromatic carbocycles. The predicted octanol–water partition coefficient (Wildman–Crippen LogP) is 0.920. The Morgan fingerprint density at radius 2 is 1.25 bits per heavy atom. The fourth-order valence-electron chi connectivity index (χ4n) is 0. The van der Waals surface area contributed by atoms with Crippen molar-refractivity contribution in [3.63, 3.8) is 0 Å². The van der Waals surface area contributed by atoms with Gasteiger partial charge < -0.3 is 6.15 Å². The molecule has 0 spiro atoms. The van der Waals surface area contributed by atoms with Crippen LogP contribution >= 0.6 is 23.3 Å². The number of hydrogen-bond donors (Lipinski definition) is 1. The second kappa shape index (κ2) is 29.4. The van der Waals surface area contributed by atoms with Crippen molar-refractivity contribution in [2.24, 2.45) is 0 Å². The minimum absolute atomic E-state index is 0. The van der Waals surface area contributed by atoms with Gasteiger partial charge in [-0.1, -0.05) is 0 Å². The summed E-state index contributed by atoms with van der Waals surface area (Å²) in [6.07, 6.45) is 0. The molecule has 0 atom stereocenters. The van der Waals surface area contributed by atoms with E-state index < -0.39 is 0 Å². The summed E-state index contributed by atoms with van der Waals surface area (Å²) in [5, 5.41) is 0. The van der Waals surface area contributed by atoms with Crippen molar-refractivity contribution in [3.05, 3.63) is 0 Å². The molecule has 0 heterocycles. The van der Waals surface area contributed by atoms with E-state index in [9.17, 15) is 0 Å². The van der Waals surface area contributed by atoms with Gasteiger partial charge in [0.05, 0.1) is 0 Å². The van der Waals surface area contributed by atoms with Crippen molar-refractivity contribution in [3.8, 4) is 0 Å². The third-order valence-corrected chi connectivity index (χ3v) is 0. The van der Waals surface area contributed by atoms with E-state index in [4.69, 9.17) is 0 Å². The molecule has 0 aliphatic heterocycles. The summed E-state index contributed by atoms with van der Waals surface area (Å²) in [5.41, 5.74) is 0. The fourth-order valence-corrected chi connectivity index (χ4v) is 0. The maximum atomic E-state index is 4.09.